The first-order valence-corrected chi connectivity index (χ1v) is 10.7. The number of amides is 3. The average molecular weight is 395 g/mol. The standard InChI is InChI=1S/C24H30N2O3/c1-4-8-16(9-5-2)17-13-14-20-22-18(17)11-7-12-19(22)24(29)26(20)21(10-6-3)23(28)25-15-27/h7,11-16,21H,4-6,8-10H2,1-3H3,(H,25,27,28). The van der Waals surface area contributed by atoms with Crippen LogP contribution in [-0.4, -0.2) is 24.3 Å². The molecule has 0 fully saturated rings. The number of benzene rings is 2. The number of hydrogen-bond donors (Lipinski definition) is 1. The van der Waals surface area contributed by atoms with Crippen molar-refractivity contribution >= 4 is 34.7 Å². The molecule has 1 atom stereocenters. The van der Waals surface area contributed by atoms with Crippen LogP contribution >= 0.6 is 0 Å². The molecular formula is C24H30N2O3. The van der Waals surface area contributed by atoms with E-state index in [4.69, 9.17) is 0 Å². The predicted octanol–water partition coefficient (Wildman–Crippen LogP) is 4.93. The van der Waals surface area contributed by atoms with Crippen LogP contribution in [0.3, 0.4) is 0 Å². The number of rotatable bonds is 10. The molecule has 1 N–H and O–H groups in total. The summed E-state index contributed by atoms with van der Waals surface area (Å²) in [6, 6.07) is 9.29. The van der Waals surface area contributed by atoms with Crippen molar-refractivity contribution in [2.24, 2.45) is 0 Å². The first-order valence-electron chi connectivity index (χ1n) is 10.7. The Balaban J connectivity index is 2.14. The van der Waals surface area contributed by atoms with Crippen LogP contribution in [0.4, 0.5) is 5.69 Å². The molecule has 3 rings (SSSR count). The fourth-order valence-electron chi connectivity index (χ4n) is 4.65. The topological polar surface area (TPSA) is 66.5 Å². The molecule has 2 aromatic rings. The molecule has 2 aromatic carbocycles. The fourth-order valence-corrected chi connectivity index (χ4v) is 4.65. The van der Waals surface area contributed by atoms with E-state index < -0.39 is 11.9 Å². The van der Waals surface area contributed by atoms with Crippen molar-refractivity contribution in [2.45, 2.75) is 71.3 Å². The number of nitrogens with zero attached hydrogens (tertiary/aromatic N) is 1. The van der Waals surface area contributed by atoms with Crippen molar-refractivity contribution in [3.05, 3.63) is 41.5 Å². The van der Waals surface area contributed by atoms with Crippen LogP contribution in [0.25, 0.3) is 10.8 Å². The van der Waals surface area contributed by atoms with E-state index in [0.717, 1.165) is 48.6 Å². The van der Waals surface area contributed by atoms with Crippen LogP contribution in [0, 0.1) is 0 Å². The van der Waals surface area contributed by atoms with Gasteiger partial charge in [-0.15, -0.1) is 0 Å². The number of nitrogens with one attached hydrogen (secondary N) is 1. The first-order chi connectivity index (χ1) is 14.1. The zero-order chi connectivity index (χ0) is 21.0. The molecule has 0 radical (unpaired) electrons. The van der Waals surface area contributed by atoms with Gasteiger partial charge in [-0.3, -0.25) is 24.6 Å². The normalized spacial score (nSPS) is 13.9. The summed E-state index contributed by atoms with van der Waals surface area (Å²) in [6.07, 6.45) is 6.07. The quantitative estimate of drug-likeness (QED) is 0.581. The second-order valence-corrected chi connectivity index (χ2v) is 7.78. The Morgan fingerprint density at radius 3 is 2.34 bits per heavy atom. The van der Waals surface area contributed by atoms with E-state index in [-0.39, 0.29) is 5.91 Å². The van der Waals surface area contributed by atoms with Gasteiger partial charge in [-0.05, 0) is 48.3 Å². The largest absolute Gasteiger partial charge is 0.297 e. The smallest absolute Gasteiger partial charge is 0.259 e. The molecule has 5 nitrogen and oxygen atoms in total. The molecule has 1 heterocycles. The summed E-state index contributed by atoms with van der Waals surface area (Å²) in [5.41, 5.74) is 2.70. The van der Waals surface area contributed by atoms with Crippen LogP contribution in [0.2, 0.25) is 0 Å². The fraction of sp³-hybridized carbons (Fsp3) is 0.458. The minimum Gasteiger partial charge on any atom is -0.297 e. The zero-order valence-electron chi connectivity index (χ0n) is 17.5. The van der Waals surface area contributed by atoms with Gasteiger partial charge in [0.05, 0.1) is 5.69 Å². The van der Waals surface area contributed by atoms with Gasteiger partial charge in [-0.2, -0.15) is 0 Å². The number of anilines is 1. The van der Waals surface area contributed by atoms with Gasteiger partial charge in [0.1, 0.15) is 6.04 Å². The second-order valence-electron chi connectivity index (χ2n) is 7.78. The highest BCUT2D eigenvalue weighted by Gasteiger charge is 2.38. The molecule has 154 valence electrons. The Morgan fingerprint density at radius 2 is 1.72 bits per heavy atom. The first kappa shape index (κ1) is 21.0. The highest BCUT2D eigenvalue weighted by molar-refractivity contribution is 6.27. The summed E-state index contributed by atoms with van der Waals surface area (Å²) in [5.74, 6) is -0.136. The third kappa shape index (κ3) is 3.78. The van der Waals surface area contributed by atoms with E-state index in [9.17, 15) is 14.4 Å². The Morgan fingerprint density at radius 1 is 1.03 bits per heavy atom. The SMILES string of the molecule is CCCC(CCC)c1ccc2c3c(cccc13)C(=O)N2C(CCC)C(=O)NC=O. The lowest BCUT2D eigenvalue weighted by atomic mass is 9.86. The molecule has 0 bridgehead atoms. The van der Waals surface area contributed by atoms with Crippen molar-refractivity contribution < 1.29 is 14.4 Å². The van der Waals surface area contributed by atoms with Crippen LogP contribution in [0.15, 0.2) is 30.3 Å². The number of carbonyl (C=O) groups is 3. The van der Waals surface area contributed by atoms with Crippen LogP contribution in [0.1, 0.15) is 81.1 Å². The van der Waals surface area contributed by atoms with Crippen molar-refractivity contribution in [3.8, 4) is 0 Å². The van der Waals surface area contributed by atoms with Crippen LogP contribution < -0.4 is 10.2 Å². The van der Waals surface area contributed by atoms with Gasteiger partial charge in [0, 0.05) is 10.9 Å². The zero-order valence-corrected chi connectivity index (χ0v) is 17.5. The number of imide groups is 1. The van der Waals surface area contributed by atoms with Crippen molar-refractivity contribution in [2.75, 3.05) is 4.90 Å². The monoisotopic (exact) mass is 394 g/mol. The minimum absolute atomic E-state index is 0.162. The molecule has 0 saturated carbocycles. The predicted molar refractivity (Wildman–Crippen MR) is 116 cm³/mol. The van der Waals surface area contributed by atoms with Crippen molar-refractivity contribution in [3.63, 3.8) is 0 Å². The Hall–Kier alpha value is -2.69. The van der Waals surface area contributed by atoms with Gasteiger partial charge in [-0.1, -0.05) is 58.2 Å². The number of hydrogen-bond acceptors (Lipinski definition) is 3. The van der Waals surface area contributed by atoms with Gasteiger partial charge in [-0.25, -0.2) is 0 Å². The molecule has 0 aromatic heterocycles. The average Bonchev–Trinajstić information content (AvgIpc) is 3.00. The molecule has 0 saturated heterocycles. The minimum atomic E-state index is -0.693. The molecule has 1 aliphatic rings. The molecule has 1 aliphatic heterocycles. The van der Waals surface area contributed by atoms with E-state index in [0.29, 0.717) is 24.3 Å². The molecule has 1 unspecified atom stereocenters. The molecule has 3 amide bonds. The Kier molecular flexibility index (Phi) is 6.68. The maximum Gasteiger partial charge on any atom is 0.259 e. The van der Waals surface area contributed by atoms with Crippen LogP contribution in [-0.2, 0) is 9.59 Å². The summed E-state index contributed by atoms with van der Waals surface area (Å²) in [7, 11) is 0. The highest BCUT2D eigenvalue weighted by atomic mass is 16.2. The van der Waals surface area contributed by atoms with Gasteiger partial charge < -0.3 is 0 Å². The van der Waals surface area contributed by atoms with Crippen LogP contribution in [0.5, 0.6) is 0 Å². The lowest BCUT2D eigenvalue weighted by molar-refractivity contribution is -0.126. The molecular weight excluding hydrogens is 364 g/mol. The van der Waals surface area contributed by atoms with E-state index in [2.05, 4.69) is 31.3 Å². The van der Waals surface area contributed by atoms with Gasteiger partial charge in [0.2, 0.25) is 12.3 Å². The van der Waals surface area contributed by atoms with E-state index in [1.54, 1.807) is 4.90 Å². The second kappa shape index (κ2) is 9.21. The summed E-state index contributed by atoms with van der Waals surface area (Å²) >= 11 is 0. The lowest BCUT2D eigenvalue weighted by Gasteiger charge is -2.27. The summed E-state index contributed by atoms with van der Waals surface area (Å²) < 4.78 is 0. The Labute approximate surface area is 172 Å². The lowest BCUT2D eigenvalue weighted by Crippen LogP contribution is -2.48. The van der Waals surface area contributed by atoms with Gasteiger partial charge >= 0.3 is 0 Å². The van der Waals surface area contributed by atoms with E-state index in [1.165, 1.54) is 5.56 Å². The summed E-state index contributed by atoms with van der Waals surface area (Å²) in [6.45, 7) is 6.37. The van der Waals surface area contributed by atoms with Crippen molar-refractivity contribution in [1.29, 1.82) is 0 Å². The van der Waals surface area contributed by atoms with E-state index in [1.807, 2.05) is 25.1 Å². The molecule has 5 heteroatoms. The molecule has 0 spiro atoms. The highest BCUT2D eigenvalue weighted by Crippen LogP contribution is 2.43. The third-order valence-corrected chi connectivity index (χ3v) is 5.85. The van der Waals surface area contributed by atoms with Gasteiger partial charge in [0.25, 0.3) is 5.91 Å². The third-order valence-electron chi connectivity index (χ3n) is 5.85. The Bertz CT molecular complexity index is 916. The number of carbonyl (C=O) groups excluding carboxylic acids is 3. The van der Waals surface area contributed by atoms with Gasteiger partial charge in [0.15, 0.2) is 0 Å². The maximum atomic E-state index is 13.3. The maximum absolute atomic E-state index is 13.3. The van der Waals surface area contributed by atoms with E-state index >= 15 is 0 Å². The summed E-state index contributed by atoms with van der Waals surface area (Å²) in [5, 5.41) is 4.28. The summed E-state index contributed by atoms with van der Waals surface area (Å²) in [4.78, 5) is 38.3. The molecule has 29 heavy (non-hydrogen) atoms. The van der Waals surface area contributed by atoms with Crippen molar-refractivity contribution in [1.82, 2.24) is 5.32 Å². The molecule has 0 aliphatic carbocycles.